The van der Waals surface area contributed by atoms with Crippen LogP contribution >= 0.6 is 34.7 Å². The van der Waals surface area contributed by atoms with Crippen LogP contribution in [0.15, 0.2) is 47.1 Å². The van der Waals surface area contributed by atoms with Crippen LogP contribution in [0.2, 0.25) is 5.02 Å². The number of halogens is 2. The van der Waals surface area contributed by atoms with Crippen LogP contribution in [0, 0.1) is 5.92 Å². The van der Waals surface area contributed by atoms with E-state index >= 15 is 0 Å². The van der Waals surface area contributed by atoms with Crippen LogP contribution in [0.4, 0.5) is 9.52 Å². The topological polar surface area (TPSA) is 42.4 Å². The fourth-order valence-corrected chi connectivity index (χ4v) is 6.10. The molecule has 0 N–H and O–H groups in total. The summed E-state index contributed by atoms with van der Waals surface area (Å²) in [4.78, 5) is 18.6. The Morgan fingerprint density at radius 3 is 2.87 bits per heavy atom. The number of nitrogens with zero attached hydrogens (tertiary/aromatic N) is 2. The van der Waals surface area contributed by atoms with Crippen molar-refractivity contribution in [3.63, 3.8) is 0 Å². The molecular weight excluding hydrogens is 455 g/mol. The number of thiazole rings is 1. The molecule has 3 aromatic rings. The quantitative estimate of drug-likeness (QED) is 0.222. The number of allylic oxidation sites excluding steroid dienone is 1. The standard InChI is InChI=1S/C23H22ClFN2O2S2/c1-29-20-11-16(10-18(25)13-28)2-5-21(20)30-14-15-6-8-27(9-7-15)23-26-19-4-3-17(24)12-22(19)31-23/h2-5,10-13,15H,6-9,14H2,1H3/b18-10-. The Bertz CT molecular complexity index is 1110. The number of piperidine rings is 1. The van der Waals surface area contributed by atoms with Gasteiger partial charge in [-0.15, -0.1) is 11.8 Å². The SMILES string of the molecule is COc1cc(/C=C(\F)C=O)ccc1SCC1CCN(c2nc3ccc(Cl)cc3s2)CC1. The minimum Gasteiger partial charge on any atom is -0.496 e. The van der Waals surface area contributed by atoms with Crippen LogP contribution in [-0.2, 0) is 4.79 Å². The summed E-state index contributed by atoms with van der Waals surface area (Å²) in [7, 11) is 1.60. The first-order valence-corrected chi connectivity index (χ1v) is 12.2. The molecule has 4 rings (SSSR count). The van der Waals surface area contributed by atoms with Gasteiger partial charge in [-0.25, -0.2) is 9.37 Å². The van der Waals surface area contributed by atoms with E-state index in [-0.39, 0.29) is 6.29 Å². The maximum Gasteiger partial charge on any atom is 0.186 e. The average Bonchev–Trinajstić information content (AvgIpc) is 3.21. The number of carbonyl (C=O) groups is 1. The van der Waals surface area contributed by atoms with E-state index in [4.69, 9.17) is 21.3 Å². The van der Waals surface area contributed by atoms with Gasteiger partial charge < -0.3 is 9.64 Å². The van der Waals surface area contributed by atoms with Crippen molar-refractivity contribution in [1.29, 1.82) is 0 Å². The molecule has 1 fully saturated rings. The molecule has 1 aliphatic heterocycles. The highest BCUT2D eigenvalue weighted by Gasteiger charge is 2.22. The van der Waals surface area contributed by atoms with Crippen molar-refractivity contribution < 1.29 is 13.9 Å². The minimum atomic E-state index is -0.801. The second kappa shape index (κ2) is 10.0. The number of aromatic nitrogens is 1. The second-order valence-corrected chi connectivity index (χ2v) is 9.91. The molecule has 8 heteroatoms. The van der Waals surface area contributed by atoms with Gasteiger partial charge in [0.2, 0.25) is 0 Å². The van der Waals surface area contributed by atoms with E-state index in [1.165, 1.54) is 6.08 Å². The lowest BCUT2D eigenvalue weighted by atomic mass is 9.99. The fourth-order valence-electron chi connectivity index (χ4n) is 3.61. The number of aldehydes is 1. The largest absolute Gasteiger partial charge is 0.496 e. The molecule has 4 nitrogen and oxygen atoms in total. The molecule has 0 unspecified atom stereocenters. The molecule has 0 spiro atoms. The summed E-state index contributed by atoms with van der Waals surface area (Å²) in [5, 5.41) is 1.81. The summed E-state index contributed by atoms with van der Waals surface area (Å²) < 4.78 is 19.8. The van der Waals surface area contributed by atoms with Crippen molar-refractivity contribution in [3.05, 3.63) is 52.8 Å². The molecular formula is C23H22ClFN2O2S2. The molecule has 2 heterocycles. The van der Waals surface area contributed by atoms with Gasteiger partial charge >= 0.3 is 0 Å². The Kier molecular flexibility index (Phi) is 7.15. The highest BCUT2D eigenvalue weighted by molar-refractivity contribution is 7.99. The van der Waals surface area contributed by atoms with Gasteiger partial charge in [0.1, 0.15) is 5.75 Å². The lowest BCUT2D eigenvalue weighted by Gasteiger charge is -2.31. The monoisotopic (exact) mass is 476 g/mol. The van der Waals surface area contributed by atoms with Gasteiger partial charge in [0.05, 0.1) is 17.3 Å². The minimum absolute atomic E-state index is 0.199. The van der Waals surface area contributed by atoms with E-state index < -0.39 is 5.83 Å². The maximum atomic E-state index is 13.2. The van der Waals surface area contributed by atoms with Crippen molar-refractivity contribution in [2.24, 2.45) is 5.92 Å². The molecule has 0 atom stereocenters. The average molecular weight is 477 g/mol. The first-order chi connectivity index (χ1) is 15.1. The molecule has 1 saturated heterocycles. The maximum absolute atomic E-state index is 13.2. The number of hydrogen-bond acceptors (Lipinski definition) is 6. The summed E-state index contributed by atoms with van der Waals surface area (Å²) in [6.45, 7) is 1.98. The van der Waals surface area contributed by atoms with Gasteiger partial charge in [-0.2, -0.15) is 0 Å². The van der Waals surface area contributed by atoms with Crippen molar-refractivity contribution in [3.8, 4) is 5.75 Å². The number of fused-ring (bicyclic) bond motifs is 1. The molecule has 0 aliphatic carbocycles. The molecule has 162 valence electrons. The first kappa shape index (κ1) is 22.1. The zero-order valence-corrected chi connectivity index (χ0v) is 19.4. The molecule has 31 heavy (non-hydrogen) atoms. The predicted molar refractivity (Wildman–Crippen MR) is 128 cm³/mol. The van der Waals surface area contributed by atoms with Gasteiger partial charge in [0.25, 0.3) is 0 Å². The van der Waals surface area contributed by atoms with Crippen LogP contribution in [0.3, 0.4) is 0 Å². The van der Waals surface area contributed by atoms with Crippen LogP contribution in [0.1, 0.15) is 18.4 Å². The number of methoxy groups -OCH3 is 1. The number of anilines is 1. The Morgan fingerprint density at radius 2 is 2.13 bits per heavy atom. The van der Waals surface area contributed by atoms with Crippen molar-refractivity contribution in [2.75, 3.05) is 30.9 Å². The number of carbonyl (C=O) groups excluding carboxylic acids is 1. The number of benzene rings is 2. The molecule has 1 aromatic heterocycles. The van der Waals surface area contributed by atoms with E-state index in [2.05, 4.69) is 4.90 Å². The normalized spacial score (nSPS) is 15.5. The fraction of sp³-hybridized carbons (Fsp3) is 0.304. The Labute approximate surface area is 194 Å². The second-order valence-electron chi connectivity index (χ2n) is 7.41. The van der Waals surface area contributed by atoms with Gasteiger partial charge in [0.15, 0.2) is 17.2 Å². The van der Waals surface area contributed by atoms with Crippen LogP contribution < -0.4 is 9.64 Å². The molecule has 0 saturated carbocycles. The molecule has 2 aromatic carbocycles. The van der Waals surface area contributed by atoms with E-state index in [1.54, 1.807) is 42.3 Å². The van der Waals surface area contributed by atoms with Crippen molar-refractivity contribution >= 4 is 62.4 Å². The van der Waals surface area contributed by atoms with E-state index in [0.717, 1.165) is 57.0 Å². The van der Waals surface area contributed by atoms with E-state index in [9.17, 15) is 9.18 Å². The van der Waals surface area contributed by atoms with E-state index in [1.807, 2.05) is 24.3 Å². The highest BCUT2D eigenvalue weighted by Crippen LogP contribution is 2.36. The van der Waals surface area contributed by atoms with Crippen LogP contribution in [-0.4, -0.2) is 37.2 Å². The Morgan fingerprint density at radius 1 is 1.32 bits per heavy atom. The highest BCUT2D eigenvalue weighted by atomic mass is 35.5. The van der Waals surface area contributed by atoms with E-state index in [0.29, 0.717) is 17.2 Å². The molecule has 1 aliphatic rings. The summed E-state index contributed by atoms with van der Waals surface area (Å²) >= 11 is 9.55. The van der Waals surface area contributed by atoms with Gasteiger partial charge in [-0.3, -0.25) is 4.79 Å². The van der Waals surface area contributed by atoms with Crippen LogP contribution in [0.5, 0.6) is 5.75 Å². The zero-order chi connectivity index (χ0) is 21.8. The summed E-state index contributed by atoms with van der Waals surface area (Å²) in [6.07, 6.45) is 3.62. The van der Waals surface area contributed by atoms with Crippen molar-refractivity contribution in [2.45, 2.75) is 17.7 Å². The molecule has 0 bridgehead atoms. The number of rotatable bonds is 7. The smallest absolute Gasteiger partial charge is 0.186 e. The van der Waals surface area contributed by atoms with Crippen molar-refractivity contribution in [1.82, 2.24) is 4.98 Å². The van der Waals surface area contributed by atoms with Crippen LogP contribution in [0.25, 0.3) is 16.3 Å². The molecule has 0 radical (unpaired) electrons. The zero-order valence-electron chi connectivity index (χ0n) is 17.0. The third kappa shape index (κ3) is 5.40. The molecule has 0 amide bonds. The lowest BCUT2D eigenvalue weighted by Crippen LogP contribution is -2.34. The Balaban J connectivity index is 1.34. The number of thioether (sulfide) groups is 1. The predicted octanol–water partition coefficient (Wildman–Crippen LogP) is 6.48. The van der Waals surface area contributed by atoms with Gasteiger partial charge in [-0.05, 0) is 60.7 Å². The third-order valence-electron chi connectivity index (χ3n) is 5.30. The Hall–Kier alpha value is -2.09. The number of hydrogen-bond donors (Lipinski definition) is 0. The lowest BCUT2D eigenvalue weighted by molar-refractivity contribution is -0.106. The third-order valence-corrected chi connectivity index (χ3v) is 7.90. The number of ether oxygens (including phenoxy) is 1. The first-order valence-electron chi connectivity index (χ1n) is 10.00. The van der Waals surface area contributed by atoms with Gasteiger partial charge in [-0.1, -0.05) is 29.0 Å². The van der Waals surface area contributed by atoms with Gasteiger partial charge in [0, 0.05) is 28.8 Å². The summed E-state index contributed by atoms with van der Waals surface area (Å²) in [5.74, 6) is 1.51. The summed E-state index contributed by atoms with van der Waals surface area (Å²) in [6, 6.07) is 11.3. The summed E-state index contributed by atoms with van der Waals surface area (Å²) in [5.41, 5.74) is 1.61.